The molecule has 3 unspecified atom stereocenters. The van der Waals surface area contributed by atoms with Crippen LogP contribution in [0.3, 0.4) is 0 Å². The van der Waals surface area contributed by atoms with E-state index in [-0.39, 0.29) is 0 Å². The van der Waals surface area contributed by atoms with Crippen molar-refractivity contribution in [3.8, 4) is 0 Å². The van der Waals surface area contributed by atoms with Crippen molar-refractivity contribution in [2.75, 3.05) is 6.61 Å². The molecule has 3 atom stereocenters. The number of hydrogen-bond acceptors (Lipinski definition) is 4. The molecule has 88 valence electrons. The van der Waals surface area contributed by atoms with Gasteiger partial charge in [-0.2, -0.15) is 0 Å². The van der Waals surface area contributed by atoms with E-state index < -0.39 is 27.9 Å². The van der Waals surface area contributed by atoms with Gasteiger partial charge < -0.3 is 16.8 Å². The molecule has 0 N–H and O–H groups in total. The van der Waals surface area contributed by atoms with Crippen molar-refractivity contribution in [3.63, 3.8) is 0 Å². The van der Waals surface area contributed by atoms with Crippen molar-refractivity contribution in [2.24, 2.45) is 0 Å². The molecule has 15 heavy (non-hydrogen) atoms. The van der Waals surface area contributed by atoms with Crippen LogP contribution in [0.2, 0.25) is 25.7 Å². The third-order valence-corrected chi connectivity index (χ3v) is 11.4. The third kappa shape index (κ3) is 6.79. The van der Waals surface area contributed by atoms with Crippen LogP contribution in [0, 0.1) is 0 Å². The van der Waals surface area contributed by atoms with Crippen molar-refractivity contribution >= 4 is 37.6 Å². The van der Waals surface area contributed by atoms with Crippen LogP contribution in [-0.2, 0) is 16.8 Å². The summed E-state index contributed by atoms with van der Waals surface area (Å²) in [6, 6.07) is 1.15. The molecular weight excluding hydrogens is 260 g/mol. The van der Waals surface area contributed by atoms with E-state index in [1.807, 2.05) is 0 Å². The van der Waals surface area contributed by atoms with Crippen molar-refractivity contribution in [2.45, 2.75) is 38.5 Å². The zero-order valence-electron chi connectivity index (χ0n) is 9.69. The van der Waals surface area contributed by atoms with Gasteiger partial charge in [-0.1, -0.05) is 6.42 Å². The molecule has 1 fully saturated rings. The fourth-order valence-electron chi connectivity index (χ4n) is 1.36. The Balaban J connectivity index is 2.33. The molecule has 4 nitrogen and oxygen atoms in total. The zero-order chi connectivity index (χ0) is 11.1. The molecule has 0 aromatic carbocycles. The Bertz CT molecular complexity index is 157. The van der Waals surface area contributed by atoms with Gasteiger partial charge in [0.25, 0.3) is 18.6 Å². The van der Waals surface area contributed by atoms with Gasteiger partial charge in [0.1, 0.15) is 0 Å². The second kappa shape index (κ2) is 7.90. The summed E-state index contributed by atoms with van der Waals surface area (Å²) in [5.74, 6) is 0. The minimum Gasteiger partial charge on any atom is -0.439 e. The van der Waals surface area contributed by atoms with E-state index in [0.29, 0.717) is 9.76 Å². The molecular formula is C7H20O4Si4. The van der Waals surface area contributed by atoms with Gasteiger partial charge in [-0.15, -0.1) is 0 Å². The summed E-state index contributed by atoms with van der Waals surface area (Å²) >= 11 is 0. The highest BCUT2D eigenvalue weighted by atomic mass is 28.4. The highest BCUT2D eigenvalue weighted by molar-refractivity contribution is 6.65. The highest BCUT2D eigenvalue weighted by Gasteiger charge is 2.18. The zero-order valence-corrected chi connectivity index (χ0v) is 14.2. The minimum absolute atomic E-state index is 0.600. The smallest absolute Gasteiger partial charge is 0.309 e. The lowest BCUT2D eigenvalue weighted by molar-refractivity contribution is 0.250. The van der Waals surface area contributed by atoms with Crippen LogP contribution >= 0.6 is 0 Å². The second-order valence-electron chi connectivity index (χ2n) is 3.57. The van der Waals surface area contributed by atoms with Crippen LogP contribution in [-0.4, -0.2) is 44.2 Å². The Labute approximate surface area is 99.7 Å². The van der Waals surface area contributed by atoms with Crippen LogP contribution in [0.1, 0.15) is 12.8 Å². The lowest BCUT2D eigenvalue weighted by Gasteiger charge is -2.22. The lowest BCUT2D eigenvalue weighted by Crippen LogP contribution is -2.36. The van der Waals surface area contributed by atoms with Crippen LogP contribution < -0.4 is 0 Å². The van der Waals surface area contributed by atoms with E-state index in [0.717, 1.165) is 19.1 Å². The standard InChI is InChI=1S/C7H20O4Si4/c1-13-8-6-4-5-7-12-9-14(2)11-15(3)10-13/h13-15H,4-7H2,1-3H3. The maximum absolute atomic E-state index is 5.79. The van der Waals surface area contributed by atoms with Crippen LogP contribution in [0.25, 0.3) is 0 Å². The van der Waals surface area contributed by atoms with E-state index in [1.165, 1.54) is 6.42 Å². The lowest BCUT2D eigenvalue weighted by atomic mass is 10.4. The Morgan fingerprint density at radius 2 is 1.67 bits per heavy atom. The van der Waals surface area contributed by atoms with Crippen molar-refractivity contribution in [1.29, 1.82) is 0 Å². The first kappa shape index (κ1) is 13.8. The molecule has 0 bridgehead atoms. The topological polar surface area (TPSA) is 36.9 Å². The summed E-state index contributed by atoms with van der Waals surface area (Å²) in [6.45, 7) is 7.06. The predicted molar refractivity (Wildman–Crippen MR) is 68.0 cm³/mol. The van der Waals surface area contributed by atoms with E-state index in [9.17, 15) is 0 Å². The van der Waals surface area contributed by atoms with Crippen molar-refractivity contribution in [3.05, 3.63) is 0 Å². The average Bonchev–Trinajstić information content (AvgIpc) is 2.14. The normalized spacial score (nSPS) is 36.6. The molecule has 0 spiro atoms. The molecule has 0 saturated carbocycles. The van der Waals surface area contributed by atoms with Gasteiger partial charge in [0.05, 0.1) is 0 Å². The van der Waals surface area contributed by atoms with Crippen molar-refractivity contribution < 1.29 is 16.8 Å². The van der Waals surface area contributed by atoms with Gasteiger partial charge in [-0.25, -0.2) is 0 Å². The quantitative estimate of drug-likeness (QED) is 0.603. The molecule has 0 aliphatic carbocycles. The molecule has 1 heterocycles. The van der Waals surface area contributed by atoms with Crippen molar-refractivity contribution in [1.82, 2.24) is 0 Å². The summed E-state index contributed by atoms with van der Waals surface area (Å²) in [6.07, 6.45) is 2.32. The fraction of sp³-hybridized carbons (Fsp3) is 1.00. The Morgan fingerprint density at radius 3 is 2.47 bits per heavy atom. The summed E-state index contributed by atoms with van der Waals surface area (Å²) in [5, 5.41) is 0. The summed E-state index contributed by atoms with van der Waals surface area (Å²) in [5.41, 5.74) is 0. The molecule has 1 aliphatic rings. The fourth-order valence-corrected chi connectivity index (χ4v) is 9.86. The molecule has 0 amide bonds. The van der Waals surface area contributed by atoms with Gasteiger partial charge >= 0.3 is 9.28 Å². The highest BCUT2D eigenvalue weighted by Crippen LogP contribution is 2.04. The first-order chi connectivity index (χ1) is 7.18. The first-order valence-corrected chi connectivity index (χ1v) is 12.9. The molecule has 0 aromatic rings. The minimum atomic E-state index is -1.49. The summed E-state index contributed by atoms with van der Waals surface area (Å²) in [7, 11) is -3.74. The van der Waals surface area contributed by atoms with Gasteiger partial charge in [0, 0.05) is 6.61 Å². The van der Waals surface area contributed by atoms with E-state index >= 15 is 0 Å². The van der Waals surface area contributed by atoms with Gasteiger partial charge in [-0.05, 0) is 32.1 Å². The molecule has 1 saturated heterocycles. The molecule has 8 heteroatoms. The van der Waals surface area contributed by atoms with Gasteiger partial charge in [0.2, 0.25) is 9.76 Å². The molecule has 1 aliphatic heterocycles. The molecule has 0 aromatic heterocycles. The Morgan fingerprint density at radius 1 is 0.933 bits per heavy atom. The SMILES string of the molecule is C[SiH]1OCCCC[Si]O[SiH](C)O[SiH](C)O1. The Kier molecular flexibility index (Phi) is 7.25. The maximum atomic E-state index is 5.79. The largest absolute Gasteiger partial charge is 0.439 e. The molecule has 2 radical (unpaired) electrons. The van der Waals surface area contributed by atoms with Gasteiger partial charge in [0.15, 0.2) is 0 Å². The van der Waals surface area contributed by atoms with Crippen LogP contribution in [0.15, 0.2) is 0 Å². The van der Waals surface area contributed by atoms with E-state index in [2.05, 4.69) is 19.6 Å². The number of rotatable bonds is 0. The van der Waals surface area contributed by atoms with Crippen LogP contribution in [0.4, 0.5) is 0 Å². The maximum Gasteiger partial charge on any atom is 0.309 e. The van der Waals surface area contributed by atoms with E-state index in [4.69, 9.17) is 16.8 Å². The van der Waals surface area contributed by atoms with Crippen LogP contribution in [0.5, 0.6) is 0 Å². The summed E-state index contributed by atoms with van der Waals surface area (Å²) in [4.78, 5) is 0. The number of hydrogen-bond donors (Lipinski definition) is 0. The first-order valence-electron chi connectivity index (χ1n) is 5.49. The monoisotopic (exact) mass is 280 g/mol. The predicted octanol–water partition coefficient (Wildman–Crippen LogP) is 0.435. The summed E-state index contributed by atoms with van der Waals surface area (Å²) < 4.78 is 22.9. The molecule has 1 rings (SSSR count). The van der Waals surface area contributed by atoms with E-state index in [1.54, 1.807) is 0 Å². The van der Waals surface area contributed by atoms with Gasteiger partial charge in [-0.3, -0.25) is 0 Å². The average molecular weight is 281 g/mol. The third-order valence-electron chi connectivity index (χ3n) is 2.04. The Hall–Kier alpha value is 0.708. The second-order valence-corrected chi connectivity index (χ2v) is 11.2.